The van der Waals surface area contributed by atoms with Crippen LogP contribution < -0.4 is 16.4 Å². The van der Waals surface area contributed by atoms with E-state index in [1.807, 2.05) is 30.3 Å². The third-order valence-electron chi connectivity index (χ3n) is 4.75. The maximum absolute atomic E-state index is 12.7. The van der Waals surface area contributed by atoms with E-state index >= 15 is 0 Å². The summed E-state index contributed by atoms with van der Waals surface area (Å²) in [6.45, 7) is 0. The molecule has 1 aromatic heterocycles. The molecule has 1 aliphatic carbocycles. The Labute approximate surface area is 168 Å². The molecule has 0 bridgehead atoms. The van der Waals surface area contributed by atoms with Crippen molar-refractivity contribution in [3.8, 4) is 0 Å². The fraction of sp³-hybridized carbons (Fsp3) is 0.400. The Bertz CT molecular complexity index is 758. The van der Waals surface area contributed by atoms with Gasteiger partial charge in [-0.05, 0) is 42.3 Å². The predicted molar refractivity (Wildman–Crippen MR) is 112 cm³/mol. The quantitative estimate of drug-likeness (QED) is 0.555. The van der Waals surface area contributed by atoms with Crippen molar-refractivity contribution >= 4 is 40.7 Å². The first-order valence-corrected chi connectivity index (χ1v) is 11.1. The molecule has 1 unspecified atom stereocenters. The van der Waals surface area contributed by atoms with Crippen molar-refractivity contribution in [2.45, 2.75) is 43.0 Å². The highest BCUT2D eigenvalue weighted by Crippen LogP contribution is 2.37. The van der Waals surface area contributed by atoms with E-state index in [9.17, 15) is 9.59 Å². The molecule has 0 aliphatic heterocycles. The number of nitrogens with two attached hydrogens (primary N) is 1. The monoisotopic (exact) mass is 403 g/mol. The van der Waals surface area contributed by atoms with E-state index in [1.54, 1.807) is 11.3 Å². The standard InChI is InChI=1S/C20H25N3O2S2/c21-18(24)11-13-27-16-9-4-3-8-15(16)22-20(25)23-19(14-6-1-2-7-14)17-10-5-12-26-17/h3-5,8-10,12,14,19H,1-2,6-7,11,13H2,(H2,21,24)(H2,22,23,25). The van der Waals surface area contributed by atoms with Crippen LogP contribution in [-0.2, 0) is 4.79 Å². The third kappa shape index (κ3) is 5.74. The molecular weight excluding hydrogens is 378 g/mol. The van der Waals surface area contributed by atoms with Gasteiger partial charge in [0.25, 0.3) is 0 Å². The number of carbonyl (C=O) groups excluding carboxylic acids is 2. The largest absolute Gasteiger partial charge is 0.370 e. The lowest BCUT2D eigenvalue weighted by atomic mass is 9.97. The van der Waals surface area contributed by atoms with Gasteiger partial charge in [0.15, 0.2) is 0 Å². The van der Waals surface area contributed by atoms with Crippen LogP contribution in [0, 0.1) is 5.92 Å². The number of nitrogens with one attached hydrogen (secondary N) is 2. The van der Waals surface area contributed by atoms with Crippen molar-refractivity contribution in [1.82, 2.24) is 5.32 Å². The van der Waals surface area contributed by atoms with Crippen molar-refractivity contribution in [2.24, 2.45) is 11.7 Å². The van der Waals surface area contributed by atoms with Gasteiger partial charge in [-0.1, -0.05) is 31.0 Å². The van der Waals surface area contributed by atoms with E-state index < -0.39 is 0 Å². The zero-order valence-corrected chi connectivity index (χ0v) is 16.8. The second kappa shape index (κ2) is 9.80. The summed E-state index contributed by atoms with van der Waals surface area (Å²) in [5.41, 5.74) is 5.96. The molecule has 5 nitrogen and oxygen atoms in total. The number of amides is 3. The highest BCUT2D eigenvalue weighted by Gasteiger charge is 2.28. The number of rotatable bonds is 8. The summed E-state index contributed by atoms with van der Waals surface area (Å²) in [5, 5.41) is 8.23. The summed E-state index contributed by atoms with van der Waals surface area (Å²) >= 11 is 3.21. The van der Waals surface area contributed by atoms with Gasteiger partial charge in [-0.3, -0.25) is 4.79 Å². The minimum atomic E-state index is -0.318. The zero-order valence-electron chi connectivity index (χ0n) is 15.1. The number of urea groups is 1. The third-order valence-corrected chi connectivity index (χ3v) is 6.78. The lowest BCUT2D eigenvalue weighted by Crippen LogP contribution is -2.35. The lowest BCUT2D eigenvalue weighted by molar-refractivity contribution is -0.117. The van der Waals surface area contributed by atoms with E-state index in [0.29, 0.717) is 18.1 Å². The van der Waals surface area contributed by atoms with Gasteiger partial charge in [-0.15, -0.1) is 23.1 Å². The molecule has 4 N–H and O–H groups in total. The first kappa shape index (κ1) is 19.8. The number of anilines is 1. The van der Waals surface area contributed by atoms with Gasteiger partial charge in [0.1, 0.15) is 0 Å². The Morgan fingerprint density at radius 2 is 1.96 bits per heavy atom. The normalized spacial score (nSPS) is 15.4. The highest BCUT2D eigenvalue weighted by atomic mass is 32.2. The number of benzene rings is 1. The number of para-hydroxylation sites is 1. The fourth-order valence-corrected chi connectivity index (χ4v) is 5.28. The minimum absolute atomic E-state index is 0.0576. The van der Waals surface area contributed by atoms with E-state index in [0.717, 1.165) is 23.4 Å². The van der Waals surface area contributed by atoms with Gasteiger partial charge in [0.2, 0.25) is 5.91 Å². The zero-order chi connectivity index (χ0) is 19.1. The van der Waals surface area contributed by atoms with Crippen LogP contribution >= 0.6 is 23.1 Å². The average Bonchev–Trinajstić information content (AvgIpc) is 3.35. The Morgan fingerprint density at radius 3 is 2.67 bits per heavy atom. The molecule has 144 valence electrons. The van der Waals surface area contributed by atoms with Crippen molar-refractivity contribution in [2.75, 3.05) is 11.1 Å². The Balaban J connectivity index is 1.64. The molecule has 1 saturated carbocycles. The Kier molecular flexibility index (Phi) is 7.18. The van der Waals surface area contributed by atoms with Crippen LogP contribution in [0.5, 0.6) is 0 Å². The van der Waals surface area contributed by atoms with Gasteiger partial charge in [-0.2, -0.15) is 0 Å². The second-order valence-corrected chi connectivity index (χ2v) is 8.81. The number of hydrogen-bond donors (Lipinski definition) is 3. The molecule has 0 spiro atoms. The van der Waals surface area contributed by atoms with Crippen LogP contribution in [-0.4, -0.2) is 17.7 Å². The molecule has 1 fully saturated rings. The fourth-order valence-electron chi connectivity index (χ4n) is 3.44. The summed E-state index contributed by atoms with van der Waals surface area (Å²) in [7, 11) is 0. The van der Waals surface area contributed by atoms with Gasteiger partial charge in [-0.25, -0.2) is 4.79 Å². The van der Waals surface area contributed by atoms with Gasteiger partial charge >= 0.3 is 6.03 Å². The molecule has 1 aliphatic rings. The molecule has 0 saturated heterocycles. The molecule has 27 heavy (non-hydrogen) atoms. The number of thioether (sulfide) groups is 1. The van der Waals surface area contributed by atoms with Gasteiger partial charge < -0.3 is 16.4 Å². The number of hydrogen-bond acceptors (Lipinski definition) is 4. The van der Waals surface area contributed by atoms with E-state index in [1.165, 1.54) is 29.5 Å². The SMILES string of the molecule is NC(=O)CCSc1ccccc1NC(=O)NC(c1cccs1)C1CCCC1. The van der Waals surface area contributed by atoms with Gasteiger partial charge in [0, 0.05) is 21.9 Å². The molecule has 1 heterocycles. The van der Waals surface area contributed by atoms with E-state index in [-0.39, 0.29) is 18.0 Å². The smallest absolute Gasteiger partial charge is 0.319 e. The molecule has 1 atom stereocenters. The van der Waals surface area contributed by atoms with Crippen molar-refractivity contribution in [3.05, 3.63) is 46.7 Å². The first-order valence-electron chi connectivity index (χ1n) is 9.24. The van der Waals surface area contributed by atoms with Crippen LogP contribution in [0.4, 0.5) is 10.5 Å². The van der Waals surface area contributed by atoms with Gasteiger partial charge in [0.05, 0.1) is 11.7 Å². The van der Waals surface area contributed by atoms with Crippen molar-refractivity contribution in [3.63, 3.8) is 0 Å². The first-order chi connectivity index (χ1) is 13.1. The summed E-state index contributed by atoms with van der Waals surface area (Å²) in [6, 6.07) is 11.6. The van der Waals surface area contributed by atoms with Crippen LogP contribution in [0.3, 0.4) is 0 Å². The summed E-state index contributed by atoms with van der Waals surface area (Å²) in [4.78, 5) is 25.8. The maximum Gasteiger partial charge on any atom is 0.319 e. The molecule has 0 radical (unpaired) electrons. The number of primary amides is 1. The van der Waals surface area contributed by atoms with Crippen LogP contribution in [0.15, 0.2) is 46.7 Å². The summed E-state index contributed by atoms with van der Waals surface area (Å²) in [6.07, 6.45) is 5.09. The van der Waals surface area contributed by atoms with E-state index in [4.69, 9.17) is 5.73 Å². The number of thiophene rings is 1. The van der Waals surface area contributed by atoms with Crippen LogP contribution in [0.1, 0.15) is 43.0 Å². The topological polar surface area (TPSA) is 84.2 Å². The van der Waals surface area contributed by atoms with E-state index in [2.05, 4.69) is 22.1 Å². The second-order valence-electron chi connectivity index (χ2n) is 6.70. The molecule has 3 rings (SSSR count). The van der Waals surface area contributed by atoms with Crippen LogP contribution in [0.25, 0.3) is 0 Å². The van der Waals surface area contributed by atoms with Crippen molar-refractivity contribution in [1.29, 1.82) is 0 Å². The molecule has 3 amide bonds. The number of carbonyl (C=O) groups is 2. The molecule has 1 aromatic carbocycles. The minimum Gasteiger partial charge on any atom is -0.370 e. The maximum atomic E-state index is 12.7. The molecule has 7 heteroatoms. The average molecular weight is 404 g/mol. The summed E-state index contributed by atoms with van der Waals surface area (Å²) in [5.74, 6) is 0.769. The van der Waals surface area contributed by atoms with Crippen molar-refractivity contribution < 1.29 is 9.59 Å². The molecular formula is C20H25N3O2S2. The summed E-state index contributed by atoms with van der Waals surface area (Å²) < 4.78 is 0. The predicted octanol–water partition coefficient (Wildman–Crippen LogP) is 4.77. The van der Waals surface area contributed by atoms with Crippen LogP contribution in [0.2, 0.25) is 0 Å². The lowest BCUT2D eigenvalue weighted by Gasteiger charge is -2.24. The highest BCUT2D eigenvalue weighted by molar-refractivity contribution is 7.99. The molecule has 2 aromatic rings. The Morgan fingerprint density at radius 1 is 1.19 bits per heavy atom. The Hall–Kier alpha value is -1.99.